The Morgan fingerprint density at radius 3 is 2.53 bits per heavy atom. The second-order valence-electron chi connectivity index (χ2n) is 10.6. The number of benzene rings is 1. The molecule has 0 bridgehead atoms. The number of unbranched alkanes of at least 4 members (excludes halogenated alkanes) is 2. The minimum atomic E-state index is 0.109. The van der Waals surface area contributed by atoms with Crippen LogP contribution in [0.4, 0.5) is 0 Å². The lowest BCUT2D eigenvalue weighted by molar-refractivity contribution is 0.321. The molecular formula is C30H39N7O. The average Bonchev–Trinajstić information content (AvgIpc) is 3.57. The largest absolute Gasteiger partial charge is 0.328 e. The van der Waals surface area contributed by atoms with Crippen molar-refractivity contribution in [3.8, 4) is 22.5 Å². The summed E-state index contributed by atoms with van der Waals surface area (Å²) in [5, 5.41) is 14.5. The average molecular weight is 514 g/mol. The highest BCUT2D eigenvalue weighted by Crippen LogP contribution is 2.29. The number of nitrogens with one attached hydrogen (secondary N) is 1. The van der Waals surface area contributed by atoms with Crippen LogP contribution in [0.5, 0.6) is 0 Å². The van der Waals surface area contributed by atoms with Crippen LogP contribution in [0.2, 0.25) is 0 Å². The van der Waals surface area contributed by atoms with Gasteiger partial charge in [0.05, 0.1) is 12.2 Å². The number of rotatable bonds is 11. The lowest BCUT2D eigenvalue weighted by Crippen LogP contribution is -2.27. The van der Waals surface area contributed by atoms with Gasteiger partial charge in [0.15, 0.2) is 0 Å². The molecule has 3 aromatic heterocycles. The fraction of sp³-hybridized carbons (Fsp3) is 0.500. The lowest BCUT2D eigenvalue weighted by atomic mass is 9.87. The fourth-order valence-electron chi connectivity index (χ4n) is 5.87. The van der Waals surface area contributed by atoms with Crippen LogP contribution in [-0.4, -0.2) is 34.7 Å². The summed E-state index contributed by atoms with van der Waals surface area (Å²) in [5.41, 5.74) is 6.16. The predicted molar refractivity (Wildman–Crippen MR) is 150 cm³/mol. The summed E-state index contributed by atoms with van der Waals surface area (Å²) in [7, 11) is 0. The molecule has 5 rings (SSSR count). The van der Waals surface area contributed by atoms with Crippen LogP contribution < -0.4 is 5.69 Å². The van der Waals surface area contributed by atoms with E-state index >= 15 is 0 Å². The molecular weight excluding hydrogens is 474 g/mol. The Balaban J connectivity index is 1.39. The van der Waals surface area contributed by atoms with Crippen molar-refractivity contribution < 1.29 is 0 Å². The van der Waals surface area contributed by atoms with Crippen molar-refractivity contribution in [1.82, 2.24) is 34.7 Å². The molecule has 8 nitrogen and oxygen atoms in total. The highest BCUT2D eigenvalue weighted by atomic mass is 16.1. The van der Waals surface area contributed by atoms with Gasteiger partial charge in [0, 0.05) is 35.3 Å². The van der Waals surface area contributed by atoms with Gasteiger partial charge < -0.3 is 0 Å². The van der Waals surface area contributed by atoms with Gasteiger partial charge in [-0.15, -0.1) is 10.2 Å². The minimum Gasteiger partial charge on any atom is -0.296 e. The molecule has 1 aliphatic rings. The monoisotopic (exact) mass is 513 g/mol. The van der Waals surface area contributed by atoms with E-state index < -0.39 is 0 Å². The first-order valence-corrected chi connectivity index (χ1v) is 14.2. The molecule has 1 aliphatic carbocycles. The smallest absolute Gasteiger partial charge is 0.296 e. The molecule has 1 N–H and O–H groups in total. The molecule has 1 fully saturated rings. The highest BCUT2D eigenvalue weighted by molar-refractivity contribution is 5.79. The summed E-state index contributed by atoms with van der Waals surface area (Å²) in [6.45, 7) is 5.66. The summed E-state index contributed by atoms with van der Waals surface area (Å²) in [5.74, 6) is 1.31. The zero-order valence-electron chi connectivity index (χ0n) is 22.7. The summed E-state index contributed by atoms with van der Waals surface area (Å²) < 4.78 is 4.01. The molecule has 1 aromatic carbocycles. The van der Waals surface area contributed by atoms with Crippen LogP contribution in [0.25, 0.3) is 22.5 Å². The Bertz CT molecular complexity index is 1360. The van der Waals surface area contributed by atoms with Crippen LogP contribution in [0.1, 0.15) is 81.8 Å². The number of hydrogen-bond donors (Lipinski definition) is 1. The molecule has 0 unspecified atom stereocenters. The Hall–Kier alpha value is -3.55. The van der Waals surface area contributed by atoms with E-state index in [0.717, 1.165) is 59.8 Å². The van der Waals surface area contributed by atoms with Gasteiger partial charge in [-0.05, 0) is 48.9 Å². The number of H-pyrrole nitrogens is 1. The SMILES string of the molecule is CCCCCc1c(C)n(CCC2CCCCC2)c(=O)n1Cc1ccc(-c2ccccc2-c2nn[nH]n2)cn1. The third-order valence-electron chi connectivity index (χ3n) is 8.08. The third-order valence-corrected chi connectivity index (χ3v) is 8.08. The number of aromatic nitrogens is 7. The summed E-state index contributed by atoms with van der Waals surface area (Å²) in [6, 6.07) is 12.1. The van der Waals surface area contributed by atoms with Gasteiger partial charge in [0.2, 0.25) is 5.82 Å². The maximum atomic E-state index is 13.7. The Labute approximate surface area is 224 Å². The maximum absolute atomic E-state index is 13.7. The molecule has 200 valence electrons. The third kappa shape index (κ3) is 5.79. The quantitative estimate of drug-likeness (QED) is 0.250. The van der Waals surface area contributed by atoms with Crippen molar-refractivity contribution in [2.75, 3.05) is 0 Å². The van der Waals surface area contributed by atoms with E-state index in [1.807, 2.05) is 45.7 Å². The van der Waals surface area contributed by atoms with Crippen LogP contribution >= 0.6 is 0 Å². The van der Waals surface area contributed by atoms with Gasteiger partial charge in [-0.25, -0.2) is 4.79 Å². The number of hydrogen-bond acceptors (Lipinski definition) is 5. The second-order valence-corrected chi connectivity index (χ2v) is 10.6. The Morgan fingerprint density at radius 2 is 1.82 bits per heavy atom. The highest BCUT2D eigenvalue weighted by Gasteiger charge is 2.20. The first-order valence-electron chi connectivity index (χ1n) is 14.2. The second kappa shape index (κ2) is 12.3. The van der Waals surface area contributed by atoms with Crippen LogP contribution in [-0.2, 0) is 19.5 Å². The predicted octanol–water partition coefficient (Wildman–Crippen LogP) is 5.95. The zero-order chi connectivity index (χ0) is 26.3. The van der Waals surface area contributed by atoms with Crippen LogP contribution in [0.3, 0.4) is 0 Å². The molecule has 1 saturated carbocycles. The zero-order valence-corrected chi connectivity index (χ0v) is 22.7. The van der Waals surface area contributed by atoms with Gasteiger partial charge in [-0.2, -0.15) is 5.21 Å². The molecule has 4 aromatic rings. The van der Waals surface area contributed by atoms with Crippen molar-refractivity contribution in [1.29, 1.82) is 0 Å². The topological polar surface area (TPSA) is 94.3 Å². The number of nitrogens with zero attached hydrogens (tertiary/aromatic N) is 6. The molecule has 0 saturated heterocycles. The molecule has 3 heterocycles. The lowest BCUT2D eigenvalue weighted by Gasteiger charge is -2.21. The van der Waals surface area contributed by atoms with E-state index in [1.165, 1.54) is 50.6 Å². The normalized spacial score (nSPS) is 14.3. The summed E-state index contributed by atoms with van der Waals surface area (Å²) in [6.07, 6.45) is 14.0. The number of aromatic amines is 1. The maximum Gasteiger partial charge on any atom is 0.328 e. The molecule has 0 atom stereocenters. The van der Waals surface area contributed by atoms with E-state index in [9.17, 15) is 4.79 Å². The Morgan fingerprint density at radius 1 is 1.00 bits per heavy atom. The van der Waals surface area contributed by atoms with Gasteiger partial charge in [-0.3, -0.25) is 14.1 Å². The van der Waals surface area contributed by atoms with Crippen molar-refractivity contribution >= 4 is 0 Å². The number of pyridine rings is 1. The Kier molecular flexibility index (Phi) is 8.46. The molecule has 0 spiro atoms. The first kappa shape index (κ1) is 26.1. The van der Waals surface area contributed by atoms with E-state index in [2.05, 4.69) is 40.5 Å². The fourth-order valence-corrected chi connectivity index (χ4v) is 5.87. The first-order chi connectivity index (χ1) is 18.7. The van der Waals surface area contributed by atoms with Gasteiger partial charge in [0.25, 0.3) is 0 Å². The van der Waals surface area contributed by atoms with Gasteiger partial charge in [-0.1, -0.05) is 82.2 Å². The van der Waals surface area contributed by atoms with E-state index in [4.69, 9.17) is 4.98 Å². The van der Waals surface area contributed by atoms with Gasteiger partial charge >= 0.3 is 5.69 Å². The van der Waals surface area contributed by atoms with Crippen molar-refractivity contribution in [2.24, 2.45) is 5.92 Å². The minimum absolute atomic E-state index is 0.109. The summed E-state index contributed by atoms with van der Waals surface area (Å²) >= 11 is 0. The molecule has 0 amide bonds. The van der Waals surface area contributed by atoms with Crippen molar-refractivity contribution in [3.05, 3.63) is 70.2 Å². The molecule has 8 heteroatoms. The van der Waals surface area contributed by atoms with Crippen molar-refractivity contribution in [2.45, 2.75) is 91.1 Å². The summed E-state index contributed by atoms with van der Waals surface area (Å²) in [4.78, 5) is 18.4. The van der Waals surface area contributed by atoms with E-state index in [0.29, 0.717) is 12.4 Å². The van der Waals surface area contributed by atoms with E-state index in [-0.39, 0.29) is 5.69 Å². The number of imidazole rings is 1. The number of tetrazole rings is 1. The molecule has 38 heavy (non-hydrogen) atoms. The molecule has 0 aliphatic heterocycles. The standard InChI is InChI=1S/C30H39N7O/c1-3-4-6-15-28-22(2)36(19-18-23-11-7-5-8-12-23)30(38)37(28)21-25-17-16-24(20-31-25)26-13-9-10-14-27(26)29-32-34-35-33-29/h9-10,13-14,16-17,20,23H,3-8,11-12,15,18-19,21H2,1-2H3,(H,32,33,34,35). The van der Waals surface area contributed by atoms with Crippen molar-refractivity contribution in [3.63, 3.8) is 0 Å². The van der Waals surface area contributed by atoms with Crippen LogP contribution in [0.15, 0.2) is 47.4 Å². The van der Waals surface area contributed by atoms with Gasteiger partial charge in [0.1, 0.15) is 0 Å². The molecule has 0 radical (unpaired) electrons. The van der Waals surface area contributed by atoms with E-state index in [1.54, 1.807) is 0 Å². The van der Waals surface area contributed by atoms with Crippen LogP contribution in [0, 0.1) is 12.8 Å².